The molecular weight excluding hydrogens is 508 g/mol. The van der Waals surface area contributed by atoms with Gasteiger partial charge in [-0.15, -0.1) is 22.7 Å². The van der Waals surface area contributed by atoms with Crippen LogP contribution in [-0.2, 0) is 19.5 Å². The predicted octanol–water partition coefficient (Wildman–Crippen LogP) is 4.90. The summed E-state index contributed by atoms with van der Waals surface area (Å²) in [5.41, 5.74) is 1.87. The van der Waals surface area contributed by atoms with Crippen LogP contribution in [-0.4, -0.2) is 45.4 Å². The topological polar surface area (TPSA) is 112 Å². The van der Waals surface area contributed by atoms with Gasteiger partial charge in [0.25, 0.3) is 11.8 Å². The first kappa shape index (κ1) is 25.3. The lowest BCUT2D eigenvalue weighted by Gasteiger charge is -2.23. The number of rotatable bonds is 7. The van der Waals surface area contributed by atoms with Gasteiger partial charge >= 0.3 is 5.97 Å². The summed E-state index contributed by atoms with van der Waals surface area (Å²) < 4.78 is 0.507. The molecule has 4 rings (SSSR count). The number of amides is 2. The summed E-state index contributed by atoms with van der Waals surface area (Å²) in [6.45, 7) is 6.17. The molecule has 1 aliphatic rings. The Bertz CT molecular complexity index is 1270. The SMILES string of the molecule is CC(C)N1CCCc2nc(C(=O)Nc3cc(C(=O)O)ccc3CNC(=O)c3ccc(Cl)s3)sc2C1. The van der Waals surface area contributed by atoms with Gasteiger partial charge in [0.2, 0.25) is 0 Å². The van der Waals surface area contributed by atoms with E-state index in [0.29, 0.717) is 31.5 Å². The number of nitrogens with one attached hydrogen (secondary N) is 2. The maximum absolute atomic E-state index is 13.1. The summed E-state index contributed by atoms with van der Waals surface area (Å²) in [4.78, 5) is 45.5. The second-order valence-corrected chi connectivity index (χ2v) is 11.3. The Hall–Kier alpha value is -2.79. The number of aryl methyl sites for hydroxylation is 1. The molecule has 3 N–H and O–H groups in total. The summed E-state index contributed by atoms with van der Waals surface area (Å²) in [5.74, 6) is -1.82. The Morgan fingerprint density at radius 1 is 1.17 bits per heavy atom. The molecule has 0 fully saturated rings. The lowest BCUT2D eigenvalue weighted by molar-refractivity contribution is 0.0696. The molecule has 0 radical (unpaired) electrons. The van der Waals surface area contributed by atoms with Crippen LogP contribution in [0.15, 0.2) is 30.3 Å². The summed E-state index contributed by atoms with van der Waals surface area (Å²) in [6.07, 6.45) is 1.80. The molecular formula is C24H25ClN4O4S2. The van der Waals surface area contributed by atoms with Crippen molar-refractivity contribution in [2.24, 2.45) is 0 Å². The molecule has 0 aliphatic carbocycles. The number of aromatic carboxylic acids is 1. The van der Waals surface area contributed by atoms with Crippen LogP contribution >= 0.6 is 34.3 Å². The summed E-state index contributed by atoms with van der Waals surface area (Å²) in [7, 11) is 0. The lowest BCUT2D eigenvalue weighted by atomic mass is 10.1. The van der Waals surface area contributed by atoms with E-state index in [0.717, 1.165) is 47.8 Å². The van der Waals surface area contributed by atoms with Gasteiger partial charge < -0.3 is 15.7 Å². The normalized spacial score (nSPS) is 13.8. The van der Waals surface area contributed by atoms with Gasteiger partial charge in [0.15, 0.2) is 5.01 Å². The van der Waals surface area contributed by atoms with Crippen molar-refractivity contribution in [3.63, 3.8) is 0 Å². The fourth-order valence-corrected chi connectivity index (χ4v) is 5.80. The number of halogens is 1. The molecule has 0 bridgehead atoms. The number of carbonyl (C=O) groups is 3. The Balaban J connectivity index is 1.53. The number of anilines is 1. The third-order valence-corrected chi connectivity index (χ3v) is 8.06. The van der Waals surface area contributed by atoms with Crippen LogP contribution in [0.3, 0.4) is 0 Å². The number of benzene rings is 1. The predicted molar refractivity (Wildman–Crippen MR) is 138 cm³/mol. The van der Waals surface area contributed by atoms with Crippen LogP contribution in [0.25, 0.3) is 0 Å². The second kappa shape index (κ2) is 10.9. The van der Waals surface area contributed by atoms with Crippen molar-refractivity contribution in [1.82, 2.24) is 15.2 Å². The van der Waals surface area contributed by atoms with E-state index < -0.39 is 11.9 Å². The number of carboxylic acids is 1. The van der Waals surface area contributed by atoms with Crippen LogP contribution in [0.1, 0.15) is 66.2 Å². The van der Waals surface area contributed by atoms with Crippen LogP contribution in [0.5, 0.6) is 0 Å². The largest absolute Gasteiger partial charge is 0.478 e. The smallest absolute Gasteiger partial charge is 0.335 e. The fourth-order valence-electron chi connectivity index (χ4n) is 3.81. The van der Waals surface area contributed by atoms with Crippen LogP contribution in [0.2, 0.25) is 4.34 Å². The van der Waals surface area contributed by atoms with Crippen molar-refractivity contribution >= 4 is 57.7 Å². The number of carboxylic acid groups (broad SMARTS) is 1. The average molecular weight is 533 g/mol. The van der Waals surface area contributed by atoms with E-state index in [1.807, 2.05) is 0 Å². The lowest BCUT2D eigenvalue weighted by Crippen LogP contribution is -2.30. The van der Waals surface area contributed by atoms with Gasteiger partial charge in [-0.3, -0.25) is 14.5 Å². The zero-order valence-corrected chi connectivity index (χ0v) is 21.6. The quantitative estimate of drug-likeness (QED) is 0.399. The van der Waals surface area contributed by atoms with E-state index in [9.17, 15) is 19.5 Å². The van der Waals surface area contributed by atoms with Gasteiger partial charge in [-0.05, 0) is 63.1 Å². The molecule has 184 valence electrons. The molecule has 0 spiro atoms. The van der Waals surface area contributed by atoms with E-state index in [1.54, 1.807) is 18.2 Å². The summed E-state index contributed by atoms with van der Waals surface area (Å²) in [5, 5.41) is 15.4. The minimum atomic E-state index is -1.11. The first-order valence-electron chi connectivity index (χ1n) is 11.1. The van der Waals surface area contributed by atoms with Gasteiger partial charge in [-0.25, -0.2) is 9.78 Å². The molecule has 2 aromatic heterocycles. The number of hydrogen-bond acceptors (Lipinski definition) is 7. The highest BCUT2D eigenvalue weighted by molar-refractivity contribution is 7.18. The number of thiazole rings is 1. The standard InChI is InChI=1S/C24H25ClN4O4S2/c1-13(2)29-9-3-4-16-19(12-29)35-23(28-16)22(31)27-17-10-14(24(32)33)5-6-15(17)11-26-21(30)18-7-8-20(25)34-18/h5-8,10,13H,3-4,9,11-12H2,1-2H3,(H,26,30)(H,27,31)(H,32,33). The van der Waals surface area contributed by atoms with E-state index in [2.05, 4.69) is 34.4 Å². The zero-order valence-electron chi connectivity index (χ0n) is 19.3. The van der Waals surface area contributed by atoms with Crippen molar-refractivity contribution in [2.45, 2.75) is 45.8 Å². The molecule has 8 nitrogen and oxygen atoms in total. The molecule has 2 amide bonds. The molecule has 11 heteroatoms. The van der Waals surface area contributed by atoms with E-state index in [4.69, 9.17) is 11.6 Å². The fraction of sp³-hybridized carbons (Fsp3) is 0.333. The molecule has 3 aromatic rings. The molecule has 3 heterocycles. The zero-order chi connectivity index (χ0) is 25.1. The monoisotopic (exact) mass is 532 g/mol. The molecule has 0 saturated heterocycles. The minimum Gasteiger partial charge on any atom is -0.478 e. The first-order valence-corrected chi connectivity index (χ1v) is 13.2. The second-order valence-electron chi connectivity index (χ2n) is 8.47. The van der Waals surface area contributed by atoms with Crippen molar-refractivity contribution in [3.05, 3.63) is 66.3 Å². The number of aromatic nitrogens is 1. The third kappa shape index (κ3) is 6.07. The highest BCUT2D eigenvalue weighted by Crippen LogP contribution is 2.27. The van der Waals surface area contributed by atoms with Crippen molar-refractivity contribution in [3.8, 4) is 0 Å². The van der Waals surface area contributed by atoms with E-state index in [-0.39, 0.29) is 18.0 Å². The Morgan fingerprint density at radius 3 is 2.66 bits per heavy atom. The van der Waals surface area contributed by atoms with E-state index >= 15 is 0 Å². The van der Waals surface area contributed by atoms with Gasteiger partial charge in [0.05, 0.1) is 20.5 Å². The Morgan fingerprint density at radius 2 is 1.97 bits per heavy atom. The van der Waals surface area contributed by atoms with Crippen LogP contribution < -0.4 is 10.6 Å². The summed E-state index contributed by atoms with van der Waals surface area (Å²) in [6, 6.07) is 8.09. The number of nitrogens with zero attached hydrogens (tertiary/aromatic N) is 2. The van der Waals surface area contributed by atoms with E-state index in [1.165, 1.54) is 23.5 Å². The van der Waals surface area contributed by atoms with Gasteiger partial charge in [0.1, 0.15) is 0 Å². The van der Waals surface area contributed by atoms with Gasteiger partial charge in [-0.2, -0.15) is 0 Å². The molecule has 0 unspecified atom stereocenters. The Labute approximate surface area is 215 Å². The molecule has 35 heavy (non-hydrogen) atoms. The molecule has 0 atom stereocenters. The molecule has 0 saturated carbocycles. The van der Waals surface area contributed by atoms with Crippen molar-refractivity contribution in [1.29, 1.82) is 0 Å². The Kier molecular flexibility index (Phi) is 7.85. The van der Waals surface area contributed by atoms with Crippen LogP contribution in [0, 0.1) is 0 Å². The number of hydrogen-bond donors (Lipinski definition) is 3. The maximum Gasteiger partial charge on any atom is 0.335 e. The number of fused-ring (bicyclic) bond motifs is 1. The highest BCUT2D eigenvalue weighted by atomic mass is 35.5. The van der Waals surface area contributed by atoms with Crippen molar-refractivity contribution < 1.29 is 19.5 Å². The number of carbonyl (C=O) groups excluding carboxylic acids is 2. The summed E-state index contributed by atoms with van der Waals surface area (Å²) >= 11 is 8.44. The highest BCUT2D eigenvalue weighted by Gasteiger charge is 2.23. The van der Waals surface area contributed by atoms with Gasteiger partial charge in [0, 0.05) is 29.7 Å². The molecule has 1 aromatic carbocycles. The van der Waals surface area contributed by atoms with Crippen molar-refractivity contribution in [2.75, 3.05) is 11.9 Å². The molecule has 1 aliphatic heterocycles. The van der Waals surface area contributed by atoms with Crippen LogP contribution in [0.4, 0.5) is 5.69 Å². The average Bonchev–Trinajstić information content (AvgIpc) is 3.38. The minimum absolute atomic E-state index is 0.0305. The maximum atomic E-state index is 13.1. The van der Waals surface area contributed by atoms with Gasteiger partial charge in [-0.1, -0.05) is 17.7 Å². The third-order valence-electron chi connectivity index (χ3n) is 5.75. The number of thiophene rings is 1. The first-order chi connectivity index (χ1) is 16.7.